The van der Waals surface area contributed by atoms with Crippen molar-refractivity contribution in [3.05, 3.63) is 206 Å². The predicted octanol–water partition coefficient (Wildman–Crippen LogP) is 15.5. The van der Waals surface area contributed by atoms with Gasteiger partial charge in [-0.25, -0.2) is 4.98 Å². The van der Waals surface area contributed by atoms with Crippen molar-refractivity contribution in [3.63, 3.8) is 0 Å². The van der Waals surface area contributed by atoms with Crippen LogP contribution in [0.1, 0.15) is 0 Å². The minimum atomic E-state index is 0.875. The molecule has 2 heterocycles. The third-order valence-corrected chi connectivity index (χ3v) is 12.0. The Labute approximate surface area is 334 Å². The van der Waals surface area contributed by atoms with Crippen molar-refractivity contribution in [2.75, 3.05) is 4.90 Å². The van der Waals surface area contributed by atoms with Crippen LogP contribution in [0.3, 0.4) is 0 Å². The third-order valence-electron chi connectivity index (χ3n) is 10.9. The zero-order chi connectivity index (χ0) is 37.7. The van der Waals surface area contributed by atoms with Gasteiger partial charge in [-0.3, -0.25) is 0 Å². The van der Waals surface area contributed by atoms with E-state index in [2.05, 4.69) is 205 Å². The Morgan fingerprint density at radius 2 is 0.965 bits per heavy atom. The van der Waals surface area contributed by atoms with Crippen molar-refractivity contribution in [3.8, 4) is 44.0 Å². The summed E-state index contributed by atoms with van der Waals surface area (Å²) in [5.74, 6) is 0. The minimum Gasteiger partial charge on any atom is -0.456 e. The second kappa shape index (κ2) is 13.8. The highest BCUT2D eigenvalue weighted by molar-refractivity contribution is 7.22. The van der Waals surface area contributed by atoms with Gasteiger partial charge in [-0.2, -0.15) is 0 Å². The molecule has 0 spiro atoms. The number of furan rings is 1. The molecule has 0 unspecified atom stereocenters. The standard InChI is InChI=1S/C53H34N2OS/c1-3-10-35(11-4-1)41-16-9-17-46(33-41)55(44-25-20-37(21-26-44)42-19-18-36-12-7-8-15-40(36)32-42)45-27-22-38(23-28-45)43-24-29-47-50(34-43)56-49-31-30-48-52(51(47)49)57-53(54-48)39-13-5-2-6-14-39/h1-34H. The molecule has 11 rings (SSSR count). The molecule has 268 valence electrons. The molecule has 0 radical (unpaired) electrons. The topological polar surface area (TPSA) is 29.3 Å². The molecule has 0 saturated carbocycles. The van der Waals surface area contributed by atoms with Crippen molar-refractivity contribution in [2.45, 2.75) is 0 Å². The quantitative estimate of drug-likeness (QED) is 0.163. The van der Waals surface area contributed by atoms with Crippen molar-refractivity contribution >= 4 is 71.3 Å². The third kappa shape index (κ3) is 6.04. The number of fused-ring (bicyclic) bond motifs is 6. The summed E-state index contributed by atoms with van der Waals surface area (Å²) in [5, 5.41) is 5.75. The van der Waals surface area contributed by atoms with Gasteiger partial charge < -0.3 is 9.32 Å². The number of nitrogens with zero attached hydrogens (tertiary/aromatic N) is 2. The van der Waals surface area contributed by atoms with Crippen LogP contribution in [0.15, 0.2) is 211 Å². The maximum absolute atomic E-state index is 6.50. The van der Waals surface area contributed by atoms with Gasteiger partial charge in [0, 0.05) is 33.4 Å². The molecule has 0 atom stereocenters. The van der Waals surface area contributed by atoms with E-state index in [0.717, 1.165) is 70.9 Å². The summed E-state index contributed by atoms with van der Waals surface area (Å²) in [6.45, 7) is 0. The van der Waals surface area contributed by atoms with Crippen molar-refractivity contribution in [1.29, 1.82) is 0 Å². The van der Waals surface area contributed by atoms with Crippen molar-refractivity contribution in [2.24, 2.45) is 0 Å². The second-order valence-electron chi connectivity index (χ2n) is 14.4. The van der Waals surface area contributed by atoms with Crippen LogP contribution in [0.2, 0.25) is 0 Å². The van der Waals surface area contributed by atoms with E-state index in [1.54, 1.807) is 11.3 Å². The summed E-state index contributed by atoms with van der Waals surface area (Å²) < 4.78 is 7.65. The van der Waals surface area contributed by atoms with Crippen LogP contribution >= 0.6 is 11.3 Å². The zero-order valence-corrected chi connectivity index (χ0v) is 31.7. The monoisotopic (exact) mass is 746 g/mol. The highest BCUT2D eigenvalue weighted by Crippen LogP contribution is 2.42. The molecule has 0 aliphatic carbocycles. The van der Waals surface area contributed by atoms with Gasteiger partial charge in [0.25, 0.3) is 0 Å². The lowest BCUT2D eigenvalue weighted by atomic mass is 10.00. The van der Waals surface area contributed by atoms with E-state index in [4.69, 9.17) is 9.40 Å². The smallest absolute Gasteiger partial charge is 0.137 e. The summed E-state index contributed by atoms with van der Waals surface area (Å²) in [7, 11) is 0. The molecule has 0 N–H and O–H groups in total. The SMILES string of the molecule is c1ccc(-c2cccc(N(c3ccc(-c4ccc5ccccc5c4)cc3)c3ccc(-c4ccc5c(c4)oc4ccc6nc(-c7ccccc7)sc6c45)cc3)c2)cc1. The fraction of sp³-hybridized carbons (Fsp3) is 0. The van der Waals surface area contributed by atoms with E-state index < -0.39 is 0 Å². The number of benzene rings is 9. The van der Waals surface area contributed by atoms with Crippen LogP contribution in [-0.4, -0.2) is 4.98 Å². The van der Waals surface area contributed by atoms with Gasteiger partial charge in [-0.15, -0.1) is 11.3 Å². The molecule has 9 aromatic carbocycles. The number of aromatic nitrogens is 1. The Bertz CT molecular complexity index is 3220. The molecule has 4 heteroatoms. The Morgan fingerprint density at radius 1 is 0.386 bits per heavy atom. The summed E-state index contributed by atoms with van der Waals surface area (Å²) in [4.78, 5) is 7.31. The minimum absolute atomic E-state index is 0.875. The van der Waals surface area contributed by atoms with Gasteiger partial charge in [-0.1, -0.05) is 140 Å². The number of hydrogen-bond donors (Lipinski definition) is 0. The molecule has 0 bridgehead atoms. The molecule has 0 fully saturated rings. The fourth-order valence-electron chi connectivity index (χ4n) is 8.01. The summed E-state index contributed by atoms with van der Waals surface area (Å²) in [5.41, 5.74) is 14.1. The summed E-state index contributed by atoms with van der Waals surface area (Å²) >= 11 is 1.72. The lowest BCUT2D eigenvalue weighted by molar-refractivity contribution is 0.669. The maximum atomic E-state index is 6.50. The van der Waals surface area contributed by atoms with Gasteiger partial charge in [0.15, 0.2) is 0 Å². The molecular weight excluding hydrogens is 713 g/mol. The van der Waals surface area contributed by atoms with E-state index in [-0.39, 0.29) is 0 Å². The molecule has 0 aliphatic rings. The zero-order valence-electron chi connectivity index (χ0n) is 30.8. The molecule has 0 saturated heterocycles. The van der Waals surface area contributed by atoms with Gasteiger partial charge in [0.05, 0.1) is 10.2 Å². The average molecular weight is 747 g/mol. The Balaban J connectivity index is 0.959. The predicted molar refractivity (Wildman–Crippen MR) is 241 cm³/mol. The van der Waals surface area contributed by atoms with E-state index in [0.29, 0.717) is 0 Å². The fourth-order valence-corrected chi connectivity index (χ4v) is 9.13. The lowest BCUT2D eigenvalue weighted by Gasteiger charge is -2.26. The van der Waals surface area contributed by atoms with E-state index >= 15 is 0 Å². The normalized spacial score (nSPS) is 11.5. The Kier molecular flexibility index (Phi) is 8.01. The van der Waals surface area contributed by atoms with E-state index in [9.17, 15) is 0 Å². The van der Waals surface area contributed by atoms with E-state index in [1.165, 1.54) is 33.0 Å². The second-order valence-corrected chi connectivity index (χ2v) is 15.4. The van der Waals surface area contributed by atoms with Crippen molar-refractivity contribution in [1.82, 2.24) is 4.98 Å². The highest BCUT2D eigenvalue weighted by atomic mass is 32.1. The highest BCUT2D eigenvalue weighted by Gasteiger charge is 2.17. The first-order valence-electron chi connectivity index (χ1n) is 19.2. The average Bonchev–Trinajstić information content (AvgIpc) is 3.89. The molecule has 2 aromatic heterocycles. The number of rotatable bonds is 7. The van der Waals surface area contributed by atoms with Crippen LogP contribution in [0.4, 0.5) is 17.1 Å². The van der Waals surface area contributed by atoms with Crippen molar-refractivity contribution < 1.29 is 4.42 Å². The summed E-state index contributed by atoms with van der Waals surface area (Å²) in [6, 6.07) is 73.4. The first-order chi connectivity index (χ1) is 28.2. The van der Waals surface area contributed by atoms with Gasteiger partial charge >= 0.3 is 0 Å². The molecule has 0 aliphatic heterocycles. The van der Waals surface area contributed by atoms with Crippen LogP contribution in [0.25, 0.3) is 86.9 Å². The molecule has 3 nitrogen and oxygen atoms in total. The van der Waals surface area contributed by atoms with Crippen LogP contribution in [0.5, 0.6) is 0 Å². The molecule has 0 amide bonds. The number of thiazole rings is 1. The largest absolute Gasteiger partial charge is 0.456 e. The van der Waals surface area contributed by atoms with Crippen LogP contribution in [-0.2, 0) is 0 Å². The van der Waals surface area contributed by atoms with Crippen LogP contribution in [0, 0.1) is 0 Å². The lowest BCUT2D eigenvalue weighted by Crippen LogP contribution is -2.10. The Hall–Kier alpha value is -7.27. The first kappa shape index (κ1) is 33.1. The maximum Gasteiger partial charge on any atom is 0.137 e. The molecule has 57 heavy (non-hydrogen) atoms. The van der Waals surface area contributed by atoms with Crippen LogP contribution < -0.4 is 4.90 Å². The first-order valence-corrected chi connectivity index (χ1v) is 20.0. The summed E-state index contributed by atoms with van der Waals surface area (Å²) in [6.07, 6.45) is 0. The van der Waals surface area contributed by atoms with Gasteiger partial charge in [0.1, 0.15) is 16.2 Å². The van der Waals surface area contributed by atoms with Gasteiger partial charge in [-0.05, 0) is 111 Å². The van der Waals surface area contributed by atoms with Gasteiger partial charge in [0.2, 0.25) is 0 Å². The molecule has 11 aromatic rings. The Morgan fingerprint density at radius 3 is 1.70 bits per heavy atom. The number of anilines is 3. The van der Waals surface area contributed by atoms with E-state index in [1.807, 2.05) is 6.07 Å². The number of hydrogen-bond acceptors (Lipinski definition) is 4. The molecular formula is C53H34N2OS.